The third-order valence-corrected chi connectivity index (χ3v) is 4.81. The fourth-order valence-electron chi connectivity index (χ4n) is 3.15. The van der Waals surface area contributed by atoms with Crippen molar-refractivity contribution in [3.63, 3.8) is 0 Å². The van der Waals surface area contributed by atoms with Crippen LogP contribution in [0.25, 0.3) is 0 Å². The van der Waals surface area contributed by atoms with Gasteiger partial charge in [0.15, 0.2) is 0 Å². The van der Waals surface area contributed by atoms with Gasteiger partial charge >= 0.3 is 11.9 Å². The van der Waals surface area contributed by atoms with Crippen molar-refractivity contribution < 1.29 is 19.8 Å². The first kappa shape index (κ1) is 24.7. The number of unbranched alkanes of at least 4 members (excludes halogenated alkanes) is 13. The summed E-state index contributed by atoms with van der Waals surface area (Å²) in [5.41, 5.74) is 0.527. The molecular formula is C22H40O4. The van der Waals surface area contributed by atoms with Crippen molar-refractivity contribution in [2.24, 2.45) is 0 Å². The second-order valence-corrected chi connectivity index (χ2v) is 7.31. The van der Waals surface area contributed by atoms with E-state index in [-0.39, 0.29) is 6.42 Å². The first-order valence-electron chi connectivity index (χ1n) is 10.7. The van der Waals surface area contributed by atoms with Crippen LogP contribution in [-0.2, 0) is 9.59 Å². The normalized spacial score (nSPS) is 11.7. The SMILES string of the molecule is CCCCCCCCCCCCC=C(CCCCCCC(=O)O)C(=O)O. The van der Waals surface area contributed by atoms with Crippen LogP contribution >= 0.6 is 0 Å². The summed E-state index contributed by atoms with van der Waals surface area (Å²) < 4.78 is 0. The van der Waals surface area contributed by atoms with Crippen LogP contribution in [0.1, 0.15) is 116 Å². The molecule has 4 heteroatoms. The van der Waals surface area contributed by atoms with E-state index in [1.807, 2.05) is 6.08 Å². The van der Waals surface area contributed by atoms with Crippen LogP contribution in [-0.4, -0.2) is 22.2 Å². The Labute approximate surface area is 160 Å². The van der Waals surface area contributed by atoms with Crippen LogP contribution in [0, 0.1) is 0 Å². The molecule has 0 aliphatic rings. The average Bonchev–Trinajstić information content (AvgIpc) is 2.60. The fraction of sp³-hybridized carbons (Fsp3) is 0.818. The second kappa shape index (κ2) is 18.5. The van der Waals surface area contributed by atoms with E-state index in [4.69, 9.17) is 5.11 Å². The third-order valence-electron chi connectivity index (χ3n) is 4.81. The maximum absolute atomic E-state index is 11.3. The predicted octanol–water partition coefficient (Wildman–Crippen LogP) is 6.73. The number of hydrogen-bond donors (Lipinski definition) is 2. The van der Waals surface area contributed by atoms with Gasteiger partial charge in [-0.3, -0.25) is 4.79 Å². The lowest BCUT2D eigenvalue weighted by molar-refractivity contribution is -0.137. The summed E-state index contributed by atoms with van der Waals surface area (Å²) >= 11 is 0. The molecule has 0 aliphatic heterocycles. The molecule has 0 rings (SSSR count). The van der Waals surface area contributed by atoms with Gasteiger partial charge in [-0.1, -0.05) is 83.6 Å². The standard InChI is InChI=1S/C22H40O4/c1-2-3-4-5-6-7-8-9-10-11-14-17-20(22(25)26)18-15-12-13-16-19-21(23)24/h17H,2-16,18-19H2,1H3,(H,23,24)(H,25,26). The van der Waals surface area contributed by atoms with Gasteiger partial charge in [0.1, 0.15) is 0 Å². The summed E-state index contributed by atoms with van der Waals surface area (Å²) in [7, 11) is 0. The van der Waals surface area contributed by atoms with Crippen molar-refractivity contribution in [3.05, 3.63) is 11.6 Å². The lowest BCUT2D eigenvalue weighted by Gasteiger charge is -2.04. The molecule has 0 heterocycles. The zero-order valence-corrected chi connectivity index (χ0v) is 16.8. The van der Waals surface area contributed by atoms with Gasteiger partial charge in [0.05, 0.1) is 0 Å². The zero-order chi connectivity index (χ0) is 19.5. The van der Waals surface area contributed by atoms with Crippen LogP contribution < -0.4 is 0 Å². The highest BCUT2D eigenvalue weighted by Crippen LogP contribution is 2.15. The molecule has 152 valence electrons. The van der Waals surface area contributed by atoms with Gasteiger partial charge < -0.3 is 10.2 Å². The fourth-order valence-corrected chi connectivity index (χ4v) is 3.15. The van der Waals surface area contributed by atoms with Crippen molar-refractivity contribution in [2.45, 2.75) is 116 Å². The number of allylic oxidation sites excluding steroid dienone is 1. The largest absolute Gasteiger partial charge is 0.481 e. The maximum Gasteiger partial charge on any atom is 0.331 e. The van der Waals surface area contributed by atoms with Crippen molar-refractivity contribution in [1.82, 2.24) is 0 Å². The van der Waals surface area contributed by atoms with E-state index in [2.05, 4.69) is 6.92 Å². The number of rotatable bonds is 19. The highest BCUT2D eigenvalue weighted by molar-refractivity contribution is 5.86. The van der Waals surface area contributed by atoms with E-state index in [9.17, 15) is 14.7 Å². The van der Waals surface area contributed by atoms with Crippen LogP contribution in [0.3, 0.4) is 0 Å². The molecule has 0 unspecified atom stereocenters. The van der Waals surface area contributed by atoms with Crippen molar-refractivity contribution >= 4 is 11.9 Å². The monoisotopic (exact) mass is 368 g/mol. The summed E-state index contributed by atoms with van der Waals surface area (Å²) in [6.45, 7) is 2.24. The third kappa shape index (κ3) is 17.5. The van der Waals surface area contributed by atoms with Crippen molar-refractivity contribution in [3.8, 4) is 0 Å². The Bertz CT molecular complexity index is 388. The molecule has 0 aromatic rings. The Morgan fingerprint density at radius 3 is 1.62 bits per heavy atom. The Kier molecular flexibility index (Phi) is 17.5. The van der Waals surface area contributed by atoms with E-state index >= 15 is 0 Å². The molecule has 4 nitrogen and oxygen atoms in total. The first-order valence-corrected chi connectivity index (χ1v) is 10.7. The van der Waals surface area contributed by atoms with Gasteiger partial charge in [0.2, 0.25) is 0 Å². The van der Waals surface area contributed by atoms with Crippen LogP contribution in [0.15, 0.2) is 11.6 Å². The molecule has 0 amide bonds. The molecule has 0 aromatic carbocycles. The van der Waals surface area contributed by atoms with Crippen molar-refractivity contribution in [2.75, 3.05) is 0 Å². The predicted molar refractivity (Wildman–Crippen MR) is 108 cm³/mol. The van der Waals surface area contributed by atoms with E-state index in [1.165, 1.54) is 57.8 Å². The average molecular weight is 369 g/mol. The number of hydrogen-bond acceptors (Lipinski definition) is 2. The van der Waals surface area contributed by atoms with E-state index in [1.54, 1.807) is 0 Å². The second-order valence-electron chi connectivity index (χ2n) is 7.31. The minimum atomic E-state index is -0.803. The molecule has 0 saturated carbocycles. The molecule has 26 heavy (non-hydrogen) atoms. The van der Waals surface area contributed by atoms with Gasteiger partial charge in [-0.25, -0.2) is 4.79 Å². The molecule has 0 aromatic heterocycles. The summed E-state index contributed by atoms with van der Waals surface area (Å²) in [6.07, 6.45) is 19.7. The Balaban J connectivity index is 3.62. The van der Waals surface area contributed by atoms with Crippen LogP contribution in [0.2, 0.25) is 0 Å². The minimum absolute atomic E-state index is 0.209. The van der Waals surface area contributed by atoms with Gasteiger partial charge in [-0.15, -0.1) is 0 Å². The van der Waals surface area contributed by atoms with E-state index in [0.29, 0.717) is 18.4 Å². The van der Waals surface area contributed by atoms with E-state index < -0.39 is 11.9 Å². The molecule has 0 radical (unpaired) electrons. The Hall–Kier alpha value is -1.32. The highest BCUT2D eigenvalue weighted by atomic mass is 16.4. The summed E-state index contributed by atoms with van der Waals surface area (Å²) in [5, 5.41) is 17.8. The van der Waals surface area contributed by atoms with Gasteiger partial charge in [-0.05, 0) is 32.1 Å². The van der Waals surface area contributed by atoms with Crippen LogP contribution in [0.5, 0.6) is 0 Å². The summed E-state index contributed by atoms with van der Waals surface area (Å²) in [5.74, 6) is -1.56. The number of aliphatic carboxylic acids is 2. The highest BCUT2D eigenvalue weighted by Gasteiger charge is 2.06. The summed E-state index contributed by atoms with van der Waals surface area (Å²) in [4.78, 5) is 21.7. The number of carboxylic acids is 2. The smallest absolute Gasteiger partial charge is 0.331 e. The molecular weight excluding hydrogens is 328 g/mol. The number of carboxylic acid groups (broad SMARTS) is 2. The zero-order valence-electron chi connectivity index (χ0n) is 16.8. The maximum atomic E-state index is 11.3. The van der Waals surface area contributed by atoms with Crippen LogP contribution in [0.4, 0.5) is 0 Å². The number of carbonyl (C=O) groups is 2. The lowest BCUT2D eigenvalue weighted by atomic mass is 10.0. The topological polar surface area (TPSA) is 74.6 Å². The minimum Gasteiger partial charge on any atom is -0.481 e. The Morgan fingerprint density at radius 2 is 1.12 bits per heavy atom. The molecule has 0 bridgehead atoms. The molecule has 0 aliphatic carbocycles. The molecule has 0 spiro atoms. The quantitative estimate of drug-likeness (QED) is 0.196. The lowest BCUT2D eigenvalue weighted by Crippen LogP contribution is -2.01. The molecule has 0 saturated heterocycles. The first-order chi connectivity index (χ1) is 12.6. The summed E-state index contributed by atoms with van der Waals surface area (Å²) in [6, 6.07) is 0. The Morgan fingerprint density at radius 1 is 0.654 bits per heavy atom. The van der Waals surface area contributed by atoms with Crippen molar-refractivity contribution in [1.29, 1.82) is 0 Å². The molecule has 0 fully saturated rings. The van der Waals surface area contributed by atoms with Gasteiger partial charge in [0, 0.05) is 12.0 Å². The van der Waals surface area contributed by atoms with Gasteiger partial charge in [-0.2, -0.15) is 0 Å². The molecule has 0 atom stereocenters. The van der Waals surface area contributed by atoms with E-state index in [0.717, 1.165) is 32.1 Å². The molecule has 2 N–H and O–H groups in total. The van der Waals surface area contributed by atoms with Gasteiger partial charge in [0.25, 0.3) is 0 Å².